The Kier molecular flexibility index (Phi) is 4.11. The van der Waals surface area contributed by atoms with Gasteiger partial charge in [-0.1, -0.05) is 39.3 Å². The summed E-state index contributed by atoms with van der Waals surface area (Å²) in [4.78, 5) is 12.4. The number of aryl methyl sites for hydroxylation is 1. The van der Waals surface area contributed by atoms with E-state index in [9.17, 15) is 4.79 Å². The maximum Gasteiger partial charge on any atom is 0.269 e. The van der Waals surface area contributed by atoms with Gasteiger partial charge in [-0.25, -0.2) is 0 Å². The van der Waals surface area contributed by atoms with Crippen LogP contribution in [0.3, 0.4) is 0 Å². The molecule has 1 aromatic heterocycles. The number of nitrogens with zero attached hydrogens (tertiary/aromatic N) is 2. The Hall–Kier alpha value is -1.58. The molecule has 0 spiro atoms. The van der Waals surface area contributed by atoms with Crippen molar-refractivity contribution in [3.63, 3.8) is 0 Å². The second-order valence-electron chi connectivity index (χ2n) is 8.06. The predicted octanol–water partition coefficient (Wildman–Crippen LogP) is 3.66. The highest BCUT2D eigenvalue weighted by Crippen LogP contribution is 2.59. The van der Waals surface area contributed by atoms with Crippen molar-refractivity contribution in [1.82, 2.24) is 15.1 Å². The van der Waals surface area contributed by atoms with Gasteiger partial charge in [0.2, 0.25) is 0 Å². The van der Waals surface area contributed by atoms with Gasteiger partial charge in [0.15, 0.2) is 0 Å². The summed E-state index contributed by atoms with van der Waals surface area (Å²) in [5.74, 6) is 1.91. The number of allylic oxidation sites excluding steroid dienone is 1. The molecule has 4 nitrogen and oxygen atoms in total. The van der Waals surface area contributed by atoms with Crippen LogP contribution in [-0.2, 0) is 7.05 Å². The predicted molar refractivity (Wildman–Crippen MR) is 92.3 cm³/mol. The topological polar surface area (TPSA) is 46.9 Å². The highest BCUT2D eigenvalue weighted by Gasteiger charge is 2.50. The quantitative estimate of drug-likeness (QED) is 0.843. The molecule has 1 saturated carbocycles. The molecule has 4 rings (SSSR count). The van der Waals surface area contributed by atoms with Crippen molar-refractivity contribution in [2.75, 3.05) is 6.54 Å². The van der Waals surface area contributed by atoms with Crippen molar-refractivity contribution in [2.24, 2.45) is 24.3 Å². The van der Waals surface area contributed by atoms with Gasteiger partial charge >= 0.3 is 0 Å². The van der Waals surface area contributed by atoms with Gasteiger partial charge in [-0.05, 0) is 48.5 Å². The van der Waals surface area contributed by atoms with Crippen molar-refractivity contribution >= 4 is 5.91 Å². The van der Waals surface area contributed by atoms with Crippen LogP contribution >= 0.6 is 0 Å². The van der Waals surface area contributed by atoms with E-state index in [0.29, 0.717) is 23.6 Å². The molecular formula is C19H29N3O. The van der Waals surface area contributed by atoms with Crippen LogP contribution in [0, 0.1) is 17.3 Å². The summed E-state index contributed by atoms with van der Waals surface area (Å²) in [5.41, 5.74) is 3.62. The molecule has 0 radical (unpaired) electrons. The van der Waals surface area contributed by atoms with Crippen LogP contribution in [0.2, 0.25) is 0 Å². The summed E-state index contributed by atoms with van der Waals surface area (Å²) in [5, 5.41) is 7.47. The lowest BCUT2D eigenvalue weighted by Crippen LogP contribution is -2.48. The average Bonchev–Trinajstić information content (AvgIpc) is 2.89. The lowest BCUT2D eigenvalue weighted by atomic mass is 9.48. The molecule has 23 heavy (non-hydrogen) atoms. The molecule has 2 atom stereocenters. The van der Waals surface area contributed by atoms with Gasteiger partial charge in [0, 0.05) is 13.6 Å². The summed E-state index contributed by atoms with van der Waals surface area (Å²) in [6.07, 6.45) is 5.94. The van der Waals surface area contributed by atoms with Crippen LogP contribution in [0.1, 0.15) is 69.1 Å². The number of carbonyl (C=O) groups excluding carboxylic acids is 1. The van der Waals surface area contributed by atoms with Crippen molar-refractivity contribution in [2.45, 2.75) is 52.9 Å². The van der Waals surface area contributed by atoms with E-state index < -0.39 is 0 Å². The van der Waals surface area contributed by atoms with Crippen molar-refractivity contribution in [3.8, 4) is 0 Å². The number of carbonyl (C=O) groups is 1. The van der Waals surface area contributed by atoms with Gasteiger partial charge < -0.3 is 5.32 Å². The van der Waals surface area contributed by atoms with E-state index in [-0.39, 0.29) is 5.91 Å². The minimum Gasteiger partial charge on any atom is -0.350 e. The molecule has 126 valence electrons. The molecule has 0 aromatic carbocycles. The Bertz CT molecular complexity index is 639. The van der Waals surface area contributed by atoms with Crippen LogP contribution in [0.25, 0.3) is 0 Å². The number of amides is 1. The smallest absolute Gasteiger partial charge is 0.269 e. The highest BCUT2D eigenvalue weighted by atomic mass is 16.2. The van der Waals surface area contributed by atoms with Gasteiger partial charge in [0.25, 0.3) is 5.91 Å². The minimum atomic E-state index is -0.0194. The number of rotatable bonds is 5. The van der Waals surface area contributed by atoms with Gasteiger partial charge in [0.05, 0.1) is 5.69 Å². The SMILES string of the molecule is CC(C)c1cc(C(=O)NCCC2=CC[C@H]3C[C@@H]2C3(C)C)n(C)n1. The van der Waals surface area contributed by atoms with Gasteiger partial charge in [0.1, 0.15) is 5.69 Å². The van der Waals surface area contributed by atoms with E-state index in [1.807, 2.05) is 13.1 Å². The van der Waals surface area contributed by atoms with E-state index in [0.717, 1.165) is 24.0 Å². The summed E-state index contributed by atoms with van der Waals surface area (Å²) in [7, 11) is 1.83. The van der Waals surface area contributed by atoms with E-state index in [1.165, 1.54) is 12.8 Å². The van der Waals surface area contributed by atoms with Crippen molar-refractivity contribution < 1.29 is 4.79 Å². The molecule has 1 aromatic rings. The minimum absolute atomic E-state index is 0.0194. The zero-order valence-electron chi connectivity index (χ0n) is 15.0. The number of fused-ring (bicyclic) bond motifs is 1. The fraction of sp³-hybridized carbons (Fsp3) is 0.684. The summed E-state index contributed by atoms with van der Waals surface area (Å²) in [6, 6.07) is 1.90. The van der Waals surface area contributed by atoms with E-state index >= 15 is 0 Å². The Morgan fingerprint density at radius 2 is 2.22 bits per heavy atom. The molecule has 1 heterocycles. The van der Waals surface area contributed by atoms with Crippen LogP contribution in [0.4, 0.5) is 0 Å². The van der Waals surface area contributed by atoms with Crippen LogP contribution < -0.4 is 5.32 Å². The zero-order valence-corrected chi connectivity index (χ0v) is 15.0. The molecule has 2 bridgehead atoms. The van der Waals surface area contributed by atoms with Crippen molar-refractivity contribution in [1.29, 1.82) is 0 Å². The standard InChI is InChI=1S/C19H29N3O/c1-12(2)16-11-17(22(5)21-16)18(23)20-9-8-13-6-7-14-10-15(13)19(14,3)4/h6,11-12,14-15H,7-10H2,1-5H3,(H,20,23)/t14-,15-/m0/s1. The first kappa shape index (κ1) is 16.3. The number of hydrogen-bond donors (Lipinski definition) is 1. The van der Waals surface area contributed by atoms with Crippen molar-refractivity contribution in [3.05, 3.63) is 29.1 Å². The first-order valence-electron chi connectivity index (χ1n) is 8.81. The molecule has 1 N–H and O–H groups in total. The molecule has 4 heteroatoms. The van der Waals surface area contributed by atoms with E-state index in [4.69, 9.17) is 0 Å². The number of hydrogen-bond acceptors (Lipinski definition) is 2. The molecule has 1 amide bonds. The van der Waals surface area contributed by atoms with Crippen LogP contribution in [0.15, 0.2) is 17.7 Å². The third-order valence-electron chi connectivity index (χ3n) is 6.00. The lowest BCUT2D eigenvalue weighted by molar-refractivity contribution is -0.00811. The third kappa shape index (κ3) is 2.84. The number of aromatic nitrogens is 2. The Morgan fingerprint density at radius 1 is 1.48 bits per heavy atom. The maximum atomic E-state index is 12.4. The molecule has 0 unspecified atom stereocenters. The van der Waals surface area contributed by atoms with Gasteiger partial charge in [-0.2, -0.15) is 5.10 Å². The highest BCUT2D eigenvalue weighted by molar-refractivity contribution is 5.92. The molecule has 0 saturated heterocycles. The molecule has 0 aliphatic heterocycles. The second kappa shape index (κ2) is 5.81. The first-order valence-corrected chi connectivity index (χ1v) is 8.81. The summed E-state index contributed by atoms with van der Waals surface area (Å²) in [6.45, 7) is 9.67. The fourth-order valence-electron chi connectivity index (χ4n) is 4.15. The summed E-state index contributed by atoms with van der Waals surface area (Å²) < 4.78 is 1.68. The average molecular weight is 315 g/mol. The Balaban J connectivity index is 1.55. The monoisotopic (exact) mass is 315 g/mol. The zero-order chi connectivity index (χ0) is 16.8. The van der Waals surface area contributed by atoms with Gasteiger partial charge in [-0.3, -0.25) is 9.48 Å². The van der Waals surface area contributed by atoms with Gasteiger partial charge in [-0.15, -0.1) is 0 Å². The second-order valence-corrected chi connectivity index (χ2v) is 8.06. The largest absolute Gasteiger partial charge is 0.350 e. The molecular weight excluding hydrogens is 286 g/mol. The fourth-order valence-corrected chi connectivity index (χ4v) is 4.15. The molecule has 1 fully saturated rings. The lowest BCUT2D eigenvalue weighted by Gasteiger charge is -2.56. The normalized spacial score (nSPS) is 25.0. The van der Waals surface area contributed by atoms with E-state index in [2.05, 4.69) is 44.2 Å². The van der Waals surface area contributed by atoms with Crippen LogP contribution in [0.5, 0.6) is 0 Å². The third-order valence-corrected chi connectivity index (χ3v) is 6.00. The first-order chi connectivity index (χ1) is 10.8. The Morgan fingerprint density at radius 3 is 2.78 bits per heavy atom. The number of nitrogens with one attached hydrogen (secondary N) is 1. The van der Waals surface area contributed by atoms with E-state index in [1.54, 1.807) is 10.3 Å². The maximum absolute atomic E-state index is 12.4. The summed E-state index contributed by atoms with van der Waals surface area (Å²) >= 11 is 0. The van der Waals surface area contributed by atoms with Crippen LogP contribution in [-0.4, -0.2) is 22.2 Å². The Labute approximate surface area is 139 Å². The molecule has 3 aliphatic rings. The molecule has 3 aliphatic carbocycles.